The fourth-order valence-electron chi connectivity index (χ4n) is 2.88. The van der Waals surface area contributed by atoms with Gasteiger partial charge in [-0.25, -0.2) is 16.8 Å². The monoisotopic (exact) mass is 403 g/mol. The van der Waals surface area contributed by atoms with Crippen LogP contribution in [0.2, 0.25) is 0 Å². The standard InChI is InChI=1S/C17H25NO6S2/c1-13(2)10-18(14-8-9-26(22,23)12-14)17(19)11-24-15-4-6-16(7-5-15)25(3,20)21/h4-7,13-14H,8-12H2,1-3H3. The lowest BCUT2D eigenvalue weighted by Gasteiger charge is -2.29. The predicted molar refractivity (Wildman–Crippen MR) is 98.7 cm³/mol. The van der Waals surface area contributed by atoms with Gasteiger partial charge in [0.2, 0.25) is 0 Å². The van der Waals surface area contributed by atoms with E-state index >= 15 is 0 Å². The van der Waals surface area contributed by atoms with Gasteiger partial charge in [0.05, 0.1) is 16.4 Å². The minimum atomic E-state index is -3.29. The summed E-state index contributed by atoms with van der Waals surface area (Å²) in [4.78, 5) is 14.4. The zero-order valence-corrected chi connectivity index (χ0v) is 16.8. The number of carbonyl (C=O) groups excluding carboxylic acids is 1. The Bertz CT molecular complexity index is 844. The lowest BCUT2D eigenvalue weighted by atomic mass is 10.1. The number of benzene rings is 1. The van der Waals surface area contributed by atoms with E-state index in [1.165, 1.54) is 24.3 Å². The van der Waals surface area contributed by atoms with Crippen molar-refractivity contribution in [1.82, 2.24) is 4.90 Å². The summed E-state index contributed by atoms with van der Waals surface area (Å²) in [5.74, 6) is 0.417. The van der Waals surface area contributed by atoms with E-state index in [9.17, 15) is 21.6 Å². The summed E-state index contributed by atoms with van der Waals surface area (Å²) < 4.78 is 51.8. The van der Waals surface area contributed by atoms with E-state index in [1.54, 1.807) is 4.90 Å². The minimum absolute atomic E-state index is 0.00544. The van der Waals surface area contributed by atoms with Gasteiger partial charge in [-0.2, -0.15) is 0 Å². The molecule has 0 spiro atoms. The third-order valence-electron chi connectivity index (χ3n) is 4.15. The molecule has 1 aliphatic rings. The number of rotatable bonds is 7. The third kappa shape index (κ3) is 5.70. The van der Waals surface area contributed by atoms with Crippen molar-refractivity contribution in [2.75, 3.05) is 30.9 Å². The van der Waals surface area contributed by atoms with Gasteiger partial charge in [0.15, 0.2) is 26.3 Å². The summed E-state index contributed by atoms with van der Waals surface area (Å²) in [5.41, 5.74) is 0. The molecule has 1 aromatic carbocycles. The predicted octanol–water partition coefficient (Wildman–Crippen LogP) is 1.14. The van der Waals surface area contributed by atoms with Gasteiger partial charge in [-0.3, -0.25) is 4.79 Å². The van der Waals surface area contributed by atoms with E-state index in [2.05, 4.69) is 0 Å². The summed E-state index contributed by atoms with van der Waals surface area (Å²) in [7, 11) is -6.37. The molecule has 1 fully saturated rings. The normalized spacial score (nSPS) is 19.5. The molecule has 0 bridgehead atoms. The Labute approximate surface area is 155 Å². The maximum absolute atomic E-state index is 12.6. The van der Waals surface area contributed by atoms with Gasteiger partial charge in [0.1, 0.15) is 5.75 Å². The van der Waals surface area contributed by atoms with Gasteiger partial charge >= 0.3 is 0 Å². The average molecular weight is 404 g/mol. The molecule has 1 unspecified atom stereocenters. The van der Waals surface area contributed by atoms with Crippen LogP contribution in [0, 0.1) is 5.92 Å². The molecule has 146 valence electrons. The Kier molecular flexibility index (Phi) is 6.33. The first-order chi connectivity index (χ1) is 12.0. The van der Waals surface area contributed by atoms with Crippen molar-refractivity contribution in [2.45, 2.75) is 31.2 Å². The fourth-order valence-corrected chi connectivity index (χ4v) is 5.24. The third-order valence-corrected chi connectivity index (χ3v) is 7.02. The van der Waals surface area contributed by atoms with Crippen molar-refractivity contribution in [3.63, 3.8) is 0 Å². The molecular weight excluding hydrogens is 378 g/mol. The van der Waals surface area contributed by atoms with Gasteiger partial charge in [-0.05, 0) is 36.6 Å². The first-order valence-electron chi connectivity index (χ1n) is 8.41. The van der Waals surface area contributed by atoms with Crippen molar-refractivity contribution >= 4 is 25.6 Å². The van der Waals surface area contributed by atoms with Crippen LogP contribution in [-0.4, -0.2) is 64.6 Å². The highest BCUT2D eigenvalue weighted by Gasteiger charge is 2.34. The molecule has 7 nitrogen and oxygen atoms in total. The molecule has 0 aliphatic carbocycles. The van der Waals surface area contributed by atoms with Crippen molar-refractivity contribution in [3.05, 3.63) is 24.3 Å². The molecule has 0 saturated carbocycles. The molecule has 0 aromatic heterocycles. The Morgan fingerprint density at radius 3 is 2.35 bits per heavy atom. The highest BCUT2D eigenvalue weighted by atomic mass is 32.2. The number of nitrogens with zero attached hydrogens (tertiary/aromatic N) is 1. The molecule has 26 heavy (non-hydrogen) atoms. The van der Waals surface area contributed by atoms with Crippen LogP contribution in [-0.2, 0) is 24.5 Å². The maximum Gasteiger partial charge on any atom is 0.260 e. The topological polar surface area (TPSA) is 97.8 Å². The Morgan fingerprint density at radius 2 is 1.88 bits per heavy atom. The van der Waals surface area contributed by atoms with Crippen LogP contribution in [0.25, 0.3) is 0 Å². The highest BCUT2D eigenvalue weighted by molar-refractivity contribution is 7.91. The Balaban J connectivity index is 2.03. The van der Waals surface area contributed by atoms with E-state index in [-0.39, 0.29) is 40.9 Å². The molecular formula is C17H25NO6S2. The molecule has 9 heteroatoms. The van der Waals surface area contributed by atoms with Gasteiger partial charge in [0.25, 0.3) is 5.91 Å². The molecule has 1 atom stereocenters. The van der Waals surface area contributed by atoms with Crippen LogP contribution in [0.15, 0.2) is 29.2 Å². The molecule has 1 amide bonds. The van der Waals surface area contributed by atoms with E-state index < -0.39 is 19.7 Å². The van der Waals surface area contributed by atoms with Crippen molar-refractivity contribution in [2.24, 2.45) is 5.92 Å². The molecule has 0 radical (unpaired) electrons. The Morgan fingerprint density at radius 1 is 1.27 bits per heavy atom. The van der Waals surface area contributed by atoms with Crippen LogP contribution in [0.1, 0.15) is 20.3 Å². The second-order valence-corrected chi connectivity index (χ2v) is 11.3. The summed E-state index contributed by atoms with van der Waals surface area (Å²) >= 11 is 0. The minimum Gasteiger partial charge on any atom is -0.484 e. The first-order valence-corrected chi connectivity index (χ1v) is 12.1. The van der Waals surface area contributed by atoms with Crippen LogP contribution in [0.3, 0.4) is 0 Å². The summed E-state index contributed by atoms with van der Waals surface area (Å²) in [6, 6.07) is 5.52. The van der Waals surface area contributed by atoms with E-state index in [4.69, 9.17) is 4.74 Å². The lowest BCUT2D eigenvalue weighted by molar-refractivity contribution is -0.135. The van der Waals surface area contributed by atoms with Gasteiger partial charge in [0, 0.05) is 18.8 Å². The second-order valence-electron chi connectivity index (χ2n) is 7.03. The largest absolute Gasteiger partial charge is 0.484 e. The van der Waals surface area contributed by atoms with Gasteiger partial charge < -0.3 is 9.64 Å². The number of sulfone groups is 2. The zero-order chi connectivity index (χ0) is 19.5. The average Bonchev–Trinajstić information content (AvgIpc) is 2.89. The molecule has 0 N–H and O–H groups in total. The second kappa shape index (κ2) is 7.96. The lowest BCUT2D eigenvalue weighted by Crippen LogP contribution is -2.45. The van der Waals surface area contributed by atoms with Crippen molar-refractivity contribution in [1.29, 1.82) is 0 Å². The molecule has 1 aromatic rings. The summed E-state index contributed by atoms with van der Waals surface area (Å²) in [5, 5.41) is 0. The quantitative estimate of drug-likeness (QED) is 0.677. The van der Waals surface area contributed by atoms with Crippen LogP contribution in [0.4, 0.5) is 0 Å². The zero-order valence-electron chi connectivity index (χ0n) is 15.2. The van der Waals surface area contributed by atoms with Gasteiger partial charge in [-0.15, -0.1) is 0 Å². The SMILES string of the molecule is CC(C)CN(C(=O)COc1ccc(S(C)(=O)=O)cc1)C1CCS(=O)(=O)C1. The highest BCUT2D eigenvalue weighted by Crippen LogP contribution is 2.20. The van der Waals surface area contributed by atoms with E-state index in [1.807, 2.05) is 13.8 Å². The van der Waals surface area contributed by atoms with Crippen LogP contribution < -0.4 is 4.74 Å². The number of ether oxygens (including phenoxy) is 1. The number of hydrogen-bond acceptors (Lipinski definition) is 6. The van der Waals surface area contributed by atoms with Crippen LogP contribution in [0.5, 0.6) is 5.75 Å². The van der Waals surface area contributed by atoms with Gasteiger partial charge in [-0.1, -0.05) is 13.8 Å². The number of carbonyl (C=O) groups is 1. The smallest absolute Gasteiger partial charge is 0.260 e. The molecule has 1 aliphatic heterocycles. The van der Waals surface area contributed by atoms with E-state index in [0.717, 1.165) is 6.26 Å². The number of amides is 1. The van der Waals surface area contributed by atoms with E-state index in [0.29, 0.717) is 18.7 Å². The maximum atomic E-state index is 12.6. The molecule has 1 heterocycles. The summed E-state index contributed by atoms with van der Waals surface area (Å²) in [6.07, 6.45) is 1.57. The van der Waals surface area contributed by atoms with Crippen molar-refractivity contribution < 1.29 is 26.4 Å². The molecule has 1 saturated heterocycles. The first kappa shape index (κ1) is 20.7. The van der Waals surface area contributed by atoms with Crippen molar-refractivity contribution in [3.8, 4) is 5.75 Å². The van der Waals surface area contributed by atoms with Crippen LogP contribution >= 0.6 is 0 Å². The summed E-state index contributed by atoms with van der Waals surface area (Å²) in [6.45, 7) is 4.18. The Hall–Kier alpha value is -1.61. The fraction of sp³-hybridized carbons (Fsp3) is 0.588. The number of hydrogen-bond donors (Lipinski definition) is 0. The molecule has 2 rings (SSSR count).